The Morgan fingerprint density at radius 2 is 1.89 bits per heavy atom. The molecule has 1 aromatic heterocycles. The van der Waals surface area contributed by atoms with Gasteiger partial charge in [-0.05, 0) is 31.2 Å². The van der Waals surface area contributed by atoms with Crippen molar-refractivity contribution < 1.29 is 4.52 Å². The zero-order valence-corrected chi connectivity index (χ0v) is 11.4. The van der Waals surface area contributed by atoms with Gasteiger partial charge in [-0.15, -0.1) is 0 Å². The largest absolute Gasteiger partial charge is 0.361 e. The predicted molar refractivity (Wildman–Crippen MR) is 73.6 cm³/mol. The van der Waals surface area contributed by atoms with E-state index in [-0.39, 0.29) is 0 Å². The van der Waals surface area contributed by atoms with Crippen molar-refractivity contribution in [3.63, 3.8) is 0 Å². The summed E-state index contributed by atoms with van der Waals surface area (Å²) in [6.07, 6.45) is 2.15. The van der Waals surface area contributed by atoms with E-state index in [0.717, 1.165) is 24.3 Å². The molecule has 2 nitrogen and oxygen atoms in total. The van der Waals surface area contributed by atoms with Crippen molar-refractivity contribution >= 4 is 0 Å². The lowest BCUT2D eigenvalue weighted by atomic mass is 9.89. The summed E-state index contributed by atoms with van der Waals surface area (Å²) in [7, 11) is 0. The van der Waals surface area contributed by atoms with Crippen molar-refractivity contribution in [2.75, 3.05) is 0 Å². The summed E-state index contributed by atoms with van der Waals surface area (Å²) in [5, 5.41) is 4.01. The number of hydrogen-bond donors (Lipinski definition) is 0. The number of rotatable bonds is 5. The van der Waals surface area contributed by atoms with Gasteiger partial charge in [-0.2, -0.15) is 0 Å². The molecule has 1 atom stereocenters. The van der Waals surface area contributed by atoms with Gasteiger partial charge in [0.25, 0.3) is 0 Å². The van der Waals surface area contributed by atoms with E-state index < -0.39 is 0 Å². The Morgan fingerprint density at radius 3 is 2.44 bits per heavy atom. The molecule has 0 saturated heterocycles. The smallest absolute Gasteiger partial charge is 0.140 e. The van der Waals surface area contributed by atoms with Crippen LogP contribution in [0.4, 0.5) is 0 Å². The predicted octanol–water partition coefficient (Wildman–Crippen LogP) is 4.36. The normalized spacial score (nSPS) is 12.9. The lowest BCUT2D eigenvalue weighted by Crippen LogP contribution is -2.05. The lowest BCUT2D eigenvalue weighted by Gasteiger charge is -2.16. The molecule has 0 N–H and O–H groups in total. The van der Waals surface area contributed by atoms with Crippen molar-refractivity contribution in [3.05, 3.63) is 53.4 Å². The molecule has 0 saturated carbocycles. The van der Waals surface area contributed by atoms with Gasteiger partial charge in [0.05, 0.1) is 5.69 Å². The minimum atomic E-state index is 0.425. The van der Waals surface area contributed by atoms with Crippen LogP contribution in [0.2, 0.25) is 0 Å². The molecule has 96 valence electrons. The molecule has 1 aromatic carbocycles. The summed E-state index contributed by atoms with van der Waals surface area (Å²) < 4.78 is 5.45. The van der Waals surface area contributed by atoms with E-state index in [0.29, 0.717) is 11.8 Å². The summed E-state index contributed by atoms with van der Waals surface area (Å²) in [5.74, 6) is 2.10. The fourth-order valence-electron chi connectivity index (χ4n) is 2.34. The minimum Gasteiger partial charge on any atom is -0.361 e. The number of nitrogens with zero attached hydrogens (tertiary/aromatic N) is 1. The second kappa shape index (κ2) is 5.85. The summed E-state index contributed by atoms with van der Waals surface area (Å²) >= 11 is 0. The summed E-state index contributed by atoms with van der Waals surface area (Å²) in [5.41, 5.74) is 2.32. The van der Waals surface area contributed by atoms with Gasteiger partial charge in [0.1, 0.15) is 5.76 Å². The Kier molecular flexibility index (Phi) is 4.19. The molecular formula is C16H21NO. The van der Waals surface area contributed by atoms with E-state index in [2.05, 4.69) is 55.4 Å². The van der Waals surface area contributed by atoms with Crippen LogP contribution >= 0.6 is 0 Å². The zero-order valence-electron chi connectivity index (χ0n) is 11.4. The van der Waals surface area contributed by atoms with Crippen molar-refractivity contribution in [1.82, 2.24) is 5.16 Å². The maximum Gasteiger partial charge on any atom is 0.140 e. The molecule has 0 amide bonds. The molecule has 0 aliphatic carbocycles. The van der Waals surface area contributed by atoms with Gasteiger partial charge in [-0.3, -0.25) is 0 Å². The fourth-order valence-corrected chi connectivity index (χ4v) is 2.34. The van der Waals surface area contributed by atoms with Gasteiger partial charge in [-0.25, -0.2) is 0 Å². The van der Waals surface area contributed by atoms with Crippen LogP contribution in [0.1, 0.15) is 43.2 Å². The molecule has 0 spiro atoms. The highest BCUT2D eigenvalue weighted by Crippen LogP contribution is 2.28. The van der Waals surface area contributed by atoms with Crippen LogP contribution in [0.5, 0.6) is 0 Å². The third-order valence-corrected chi connectivity index (χ3v) is 3.13. The number of benzene rings is 1. The maximum atomic E-state index is 5.45. The fraction of sp³-hybridized carbons (Fsp3) is 0.438. The lowest BCUT2D eigenvalue weighted by molar-refractivity contribution is 0.336. The van der Waals surface area contributed by atoms with Crippen molar-refractivity contribution in [2.45, 2.75) is 39.5 Å². The molecule has 2 aromatic rings. The Morgan fingerprint density at radius 1 is 1.17 bits per heavy atom. The SMILES string of the molecule is Cc1cc([C@H](Cc2ccccc2)CC(C)C)on1. The second-order valence-electron chi connectivity index (χ2n) is 5.39. The van der Waals surface area contributed by atoms with Gasteiger partial charge in [-0.1, -0.05) is 49.3 Å². The van der Waals surface area contributed by atoms with Crippen molar-refractivity contribution in [2.24, 2.45) is 5.92 Å². The average Bonchev–Trinajstić information content (AvgIpc) is 2.76. The van der Waals surface area contributed by atoms with Crippen molar-refractivity contribution in [1.29, 1.82) is 0 Å². The van der Waals surface area contributed by atoms with E-state index in [4.69, 9.17) is 4.52 Å². The molecule has 1 heterocycles. The van der Waals surface area contributed by atoms with Crippen LogP contribution in [-0.4, -0.2) is 5.16 Å². The first-order valence-electron chi connectivity index (χ1n) is 6.62. The summed E-state index contributed by atoms with van der Waals surface area (Å²) in [4.78, 5) is 0. The van der Waals surface area contributed by atoms with Gasteiger partial charge in [0, 0.05) is 12.0 Å². The molecule has 0 aliphatic rings. The van der Waals surface area contributed by atoms with Crippen LogP contribution in [0, 0.1) is 12.8 Å². The van der Waals surface area contributed by atoms with E-state index in [1.165, 1.54) is 5.56 Å². The quantitative estimate of drug-likeness (QED) is 0.780. The number of aryl methyl sites for hydroxylation is 1. The van der Waals surface area contributed by atoms with E-state index in [9.17, 15) is 0 Å². The van der Waals surface area contributed by atoms with Crippen LogP contribution in [0.3, 0.4) is 0 Å². The van der Waals surface area contributed by atoms with E-state index in [1.54, 1.807) is 0 Å². The van der Waals surface area contributed by atoms with Gasteiger partial charge in [0.2, 0.25) is 0 Å². The first-order valence-corrected chi connectivity index (χ1v) is 6.62. The molecule has 0 bridgehead atoms. The minimum absolute atomic E-state index is 0.425. The van der Waals surface area contributed by atoms with Crippen LogP contribution in [-0.2, 0) is 6.42 Å². The topological polar surface area (TPSA) is 26.0 Å². The Hall–Kier alpha value is -1.57. The highest BCUT2D eigenvalue weighted by atomic mass is 16.5. The standard InChI is InChI=1S/C16H21NO/c1-12(2)9-15(16-10-13(3)17-18-16)11-14-7-5-4-6-8-14/h4-8,10,12,15H,9,11H2,1-3H3/t15-/m0/s1. The highest BCUT2D eigenvalue weighted by Gasteiger charge is 2.18. The van der Waals surface area contributed by atoms with E-state index >= 15 is 0 Å². The molecule has 0 radical (unpaired) electrons. The number of hydrogen-bond acceptors (Lipinski definition) is 2. The van der Waals surface area contributed by atoms with Gasteiger partial charge < -0.3 is 4.52 Å². The zero-order chi connectivity index (χ0) is 13.0. The maximum absolute atomic E-state index is 5.45. The van der Waals surface area contributed by atoms with Crippen LogP contribution in [0.15, 0.2) is 40.9 Å². The van der Waals surface area contributed by atoms with Crippen LogP contribution < -0.4 is 0 Å². The third-order valence-electron chi connectivity index (χ3n) is 3.13. The average molecular weight is 243 g/mol. The molecule has 2 rings (SSSR count). The highest BCUT2D eigenvalue weighted by molar-refractivity contribution is 5.19. The molecule has 18 heavy (non-hydrogen) atoms. The van der Waals surface area contributed by atoms with Crippen molar-refractivity contribution in [3.8, 4) is 0 Å². The van der Waals surface area contributed by atoms with Gasteiger partial charge >= 0.3 is 0 Å². The van der Waals surface area contributed by atoms with Crippen LogP contribution in [0.25, 0.3) is 0 Å². The summed E-state index contributed by atoms with van der Waals surface area (Å²) in [6, 6.07) is 12.7. The Labute approximate surface area is 109 Å². The first kappa shape index (κ1) is 12.9. The Balaban J connectivity index is 2.15. The van der Waals surface area contributed by atoms with Gasteiger partial charge in [0.15, 0.2) is 0 Å². The molecule has 0 aliphatic heterocycles. The first-order chi connectivity index (χ1) is 8.65. The monoisotopic (exact) mass is 243 g/mol. The Bertz CT molecular complexity index is 473. The summed E-state index contributed by atoms with van der Waals surface area (Å²) in [6.45, 7) is 6.48. The molecule has 0 unspecified atom stereocenters. The van der Waals surface area contributed by atoms with E-state index in [1.807, 2.05) is 6.92 Å². The molecule has 0 fully saturated rings. The molecule has 2 heteroatoms. The third kappa shape index (κ3) is 3.46. The second-order valence-corrected chi connectivity index (χ2v) is 5.39. The number of aromatic nitrogens is 1. The molecular weight excluding hydrogens is 222 g/mol.